The van der Waals surface area contributed by atoms with Gasteiger partial charge in [-0.05, 0) is 0 Å². The molecule has 2 N–H and O–H groups in total. The molecule has 0 aliphatic carbocycles. The molecule has 1 saturated heterocycles. The number of pyridine rings is 1. The lowest BCUT2D eigenvalue weighted by atomic mass is 10.3. The van der Waals surface area contributed by atoms with Crippen LogP contribution in [-0.4, -0.2) is 49.2 Å². The summed E-state index contributed by atoms with van der Waals surface area (Å²) in [5, 5.41) is 6.13. The van der Waals surface area contributed by atoms with Gasteiger partial charge < -0.3 is 10.6 Å². The second-order valence-electron chi connectivity index (χ2n) is 4.00. The maximum Gasteiger partial charge on any atom is 0.168 e. The maximum atomic E-state index is 13.2. The summed E-state index contributed by atoms with van der Waals surface area (Å²) in [6.07, 6.45) is 1.01. The molecule has 0 spiro atoms. The molecule has 0 saturated carbocycles. The second kappa shape index (κ2) is 5.88. The van der Waals surface area contributed by atoms with Crippen LogP contribution in [0.3, 0.4) is 0 Å². The molecular weight excluding hydrogens is 226 g/mol. The lowest BCUT2D eigenvalue weighted by molar-refractivity contribution is 0.249. The second-order valence-corrected chi connectivity index (χ2v) is 4.00. The summed E-state index contributed by atoms with van der Waals surface area (Å²) in [6.45, 7) is 5.42. The van der Waals surface area contributed by atoms with Crippen LogP contribution in [0.25, 0.3) is 0 Å². The Hall–Kier alpha value is -1.27. The van der Waals surface area contributed by atoms with Crippen molar-refractivity contribution in [3.63, 3.8) is 0 Å². The van der Waals surface area contributed by atoms with Gasteiger partial charge in [-0.1, -0.05) is 0 Å². The Morgan fingerprint density at radius 3 is 2.82 bits per heavy atom. The number of hydrogen-bond donors (Lipinski definition) is 2. The van der Waals surface area contributed by atoms with Crippen LogP contribution in [0.1, 0.15) is 0 Å². The number of anilines is 1. The van der Waals surface area contributed by atoms with Crippen LogP contribution in [0.5, 0.6) is 0 Å². The largest absolute Gasteiger partial charge is 0.366 e. The van der Waals surface area contributed by atoms with E-state index in [-0.39, 0.29) is 5.82 Å². The van der Waals surface area contributed by atoms with Gasteiger partial charge in [0, 0.05) is 45.3 Å². The van der Waals surface area contributed by atoms with Crippen LogP contribution in [0.15, 0.2) is 12.3 Å². The lowest BCUT2D eigenvalue weighted by Gasteiger charge is -2.27. The van der Waals surface area contributed by atoms with Crippen molar-refractivity contribution in [2.75, 3.05) is 44.6 Å². The molecule has 0 amide bonds. The number of halogens is 2. The molecule has 1 aromatic heterocycles. The quantitative estimate of drug-likeness (QED) is 0.814. The molecule has 4 nitrogen and oxygen atoms in total. The molecule has 0 aromatic carbocycles. The summed E-state index contributed by atoms with van der Waals surface area (Å²) in [7, 11) is 0. The number of nitrogens with zero attached hydrogens (tertiary/aromatic N) is 2. The fraction of sp³-hybridized carbons (Fsp3) is 0.545. The smallest absolute Gasteiger partial charge is 0.168 e. The summed E-state index contributed by atoms with van der Waals surface area (Å²) in [4.78, 5) is 5.95. The van der Waals surface area contributed by atoms with Crippen LogP contribution in [0.4, 0.5) is 14.6 Å². The third kappa shape index (κ3) is 3.61. The molecule has 2 rings (SSSR count). The Bertz CT molecular complexity index is 366. The highest BCUT2D eigenvalue weighted by Crippen LogP contribution is 2.10. The van der Waals surface area contributed by atoms with Gasteiger partial charge in [0.15, 0.2) is 11.6 Å². The summed E-state index contributed by atoms with van der Waals surface area (Å²) in [6, 6.07) is 0.833. The van der Waals surface area contributed by atoms with E-state index in [0.717, 1.165) is 45.0 Å². The summed E-state index contributed by atoms with van der Waals surface area (Å²) >= 11 is 0. The minimum Gasteiger partial charge on any atom is -0.366 e. The van der Waals surface area contributed by atoms with Gasteiger partial charge in [-0.15, -0.1) is 0 Å². The molecule has 6 heteroatoms. The van der Waals surface area contributed by atoms with Crippen molar-refractivity contribution in [3.8, 4) is 0 Å². The molecule has 1 aliphatic rings. The van der Waals surface area contributed by atoms with Gasteiger partial charge in [0.25, 0.3) is 0 Å². The molecule has 0 bridgehead atoms. The Kier molecular flexibility index (Phi) is 4.22. The average Bonchev–Trinajstić information content (AvgIpc) is 2.33. The number of piperazine rings is 1. The standard InChI is InChI=1S/C11H16F2N4/c12-9-7-10(13)11(16-8-9)15-3-6-17-4-1-14-2-5-17/h7-8,14H,1-6H2,(H,15,16). The molecule has 0 unspecified atom stereocenters. The molecule has 1 aliphatic heterocycles. The maximum absolute atomic E-state index is 13.2. The zero-order valence-electron chi connectivity index (χ0n) is 9.55. The predicted octanol–water partition coefficient (Wildman–Crippen LogP) is 0.677. The normalized spacial score (nSPS) is 17.1. The van der Waals surface area contributed by atoms with E-state index < -0.39 is 11.6 Å². The minimum atomic E-state index is -0.657. The molecule has 2 heterocycles. The Labute approximate surface area is 99.0 Å². The zero-order valence-corrected chi connectivity index (χ0v) is 9.55. The molecular formula is C11H16F2N4. The van der Waals surface area contributed by atoms with Gasteiger partial charge in [-0.3, -0.25) is 4.90 Å². The van der Waals surface area contributed by atoms with Crippen molar-refractivity contribution in [2.45, 2.75) is 0 Å². The predicted molar refractivity (Wildman–Crippen MR) is 62.0 cm³/mol. The van der Waals surface area contributed by atoms with Gasteiger partial charge >= 0.3 is 0 Å². The highest BCUT2D eigenvalue weighted by atomic mass is 19.1. The van der Waals surface area contributed by atoms with Crippen LogP contribution in [-0.2, 0) is 0 Å². The SMILES string of the molecule is Fc1cnc(NCCN2CCNCC2)c(F)c1. The van der Waals surface area contributed by atoms with E-state index in [1.54, 1.807) is 0 Å². The first-order valence-electron chi connectivity index (χ1n) is 5.74. The van der Waals surface area contributed by atoms with E-state index in [1.807, 2.05) is 0 Å². The van der Waals surface area contributed by atoms with Gasteiger partial charge in [-0.2, -0.15) is 0 Å². The van der Waals surface area contributed by atoms with Crippen molar-refractivity contribution < 1.29 is 8.78 Å². The average molecular weight is 242 g/mol. The van der Waals surface area contributed by atoms with Gasteiger partial charge in [0.05, 0.1) is 6.20 Å². The van der Waals surface area contributed by atoms with Gasteiger partial charge in [0.2, 0.25) is 0 Å². The van der Waals surface area contributed by atoms with Crippen LogP contribution in [0.2, 0.25) is 0 Å². The fourth-order valence-corrected chi connectivity index (χ4v) is 1.81. The van der Waals surface area contributed by atoms with E-state index in [1.165, 1.54) is 0 Å². The van der Waals surface area contributed by atoms with Crippen molar-refractivity contribution in [3.05, 3.63) is 23.9 Å². The Balaban J connectivity index is 1.77. The summed E-state index contributed by atoms with van der Waals surface area (Å²) < 4.78 is 25.8. The first kappa shape index (κ1) is 12.2. The summed E-state index contributed by atoms with van der Waals surface area (Å²) in [5.41, 5.74) is 0. The Morgan fingerprint density at radius 1 is 1.35 bits per heavy atom. The molecule has 1 fully saturated rings. The van der Waals surface area contributed by atoms with E-state index in [2.05, 4.69) is 20.5 Å². The number of rotatable bonds is 4. The van der Waals surface area contributed by atoms with Gasteiger partial charge in [-0.25, -0.2) is 13.8 Å². The van der Waals surface area contributed by atoms with E-state index in [9.17, 15) is 8.78 Å². The first-order chi connectivity index (χ1) is 8.25. The van der Waals surface area contributed by atoms with Crippen LogP contribution < -0.4 is 10.6 Å². The molecule has 1 aromatic rings. The highest BCUT2D eigenvalue weighted by molar-refractivity contribution is 5.35. The number of aromatic nitrogens is 1. The van der Waals surface area contributed by atoms with Crippen molar-refractivity contribution in [2.24, 2.45) is 0 Å². The highest BCUT2D eigenvalue weighted by Gasteiger charge is 2.09. The fourth-order valence-electron chi connectivity index (χ4n) is 1.81. The minimum absolute atomic E-state index is 0.113. The van der Waals surface area contributed by atoms with Crippen LogP contribution in [0, 0.1) is 11.6 Å². The van der Waals surface area contributed by atoms with Gasteiger partial charge in [0.1, 0.15) is 5.82 Å². The van der Waals surface area contributed by atoms with Crippen molar-refractivity contribution in [1.29, 1.82) is 0 Å². The topological polar surface area (TPSA) is 40.2 Å². The first-order valence-corrected chi connectivity index (χ1v) is 5.74. The zero-order chi connectivity index (χ0) is 12.1. The molecule has 94 valence electrons. The molecule has 0 atom stereocenters. The van der Waals surface area contributed by atoms with E-state index >= 15 is 0 Å². The third-order valence-electron chi connectivity index (χ3n) is 2.74. The monoisotopic (exact) mass is 242 g/mol. The van der Waals surface area contributed by atoms with E-state index in [0.29, 0.717) is 6.54 Å². The van der Waals surface area contributed by atoms with Crippen molar-refractivity contribution >= 4 is 5.82 Å². The Morgan fingerprint density at radius 2 is 2.12 bits per heavy atom. The molecule has 17 heavy (non-hydrogen) atoms. The lowest BCUT2D eigenvalue weighted by Crippen LogP contribution is -2.45. The third-order valence-corrected chi connectivity index (χ3v) is 2.74. The number of hydrogen-bond acceptors (Lipinski definition) is 4. The van der Waals surface area contributed by atoms with Crippen molar-refractivity contribution in [1.82, 2.24) is 15.2 Å². The number of nitrogens with one attached hydrogen (secondary N) is 2. The van der Waals surface area contributed by atoms with Crippen LogP contribution >= 0.6 is 0 Å². The molecule has 0 radical (unpaired) electrons. The van der Waals surface area contributed by atoms with E-state index in [4.69, 9.17) is 0 Å². The summed E-state index contributed by atoms with van der Waals surface area (Å²) in [5.74, 6) is -1.19.